The van der Waals surface area contributed by atoms with Crippen molar-refractivity contribution in [3.8, 4) is 0 Å². The minimum atomic E-state index is 0.0644. The first kappa shape index (κ1) is 15.6. The van der Waals surface area contributed by atoms with E-state index in [1.165, 1.54) is 0 Å². The van der Waals surface area contributed by atoms with Crippen molar-refractivity contribution in [3.63, 3.8) is 0 Å². The average Bonchev–Trinajstić information content (AvgIpc) is 2.99. The number of likely N-dealkylation sites (tertiary alicyclic amines) is 1. The molecule has 7 heteroatoms. The third-order valence-electron chi connectivity index (χ3n) is 4.07. The van der Waals surface area contributed by atoms with E-state index in [0.717, 1.165) is 18.4 Å². The van der Waals surface area contributed by atoms with Crippen LogP contribution in [0.15, 0.2) is 29.2 Å². The lowest BCUT2D eigenvalue weighted by Crippen LogP contribution is -2.41. The number of nitrogens with zero attached hydrogens (tertiary/aromatic N) is 4. The maximum atomic E-state index is 12.3. The molecule has 2 aromatic rings. The van der Waals surface area contributed by atoms with Gasteiger partial charge in [-0.1, -0.05) is 16.4 Å². The maximum absolute atomic E-state index is 12.3. The Morgan fingerprint density at radius 3 is 2.87 bits per heavy atom. The Bertz CT molecular complexity index is 636. The van der Waals surface area contributed by atoms with Gasteiger partial charge in [-0.05, 0) is 31.4 Å². The van der Waals surface area contributed by atoms with Gasteiger partial charge in [0.05, 0.1) is 19.1 Å². The van der Waals surface area contributed by atoms with Gasteiger partial charge < -0.3 is 9.64 Å². The second kappa shape index (κ2) is 7.32. The lowest BCUT2D eigenvalue weighted by atomic mass is 10.1. The summed E-state index contributed by atoms with van der Waals surface area (Å²) in [5.41, 5.74) is 2.36. The Hall–Kier alpha value is -2.28. The van der Waals surface area contributed by atoms with Crippen molar-refractivity contribution in [2.24, 2.45) is 0 Å². The van der Waals surface area contributed by atoms with Crippen LogP contribution >= 0.6 is 0 Å². The van der Waals surface area contributed by atoms with E-state index in [4.69, 9.17) is 4.74 Å². The van der Waals surface area contributed by atoms with Gasteiger partial charge in [-0.3, -0.25) is 9.78 Å². The van der Waals surface area contributed by atoms with Gasteiger partial charge >= 0.3 is 0 Å². The van der Waals surface area contributed by atoms with E-state index < -0.39 is 0 Å². The summed E-state index contributed by atoms with van der Waals surface area (Å²) in [7, 11) is 0. The molecule has 1 saturated heterocycles. The van der Waals surface area contributed by atoms with Crippen LogP contribution in [0.5, 0.6) is 0 Å². The first-order valence-corrected chi connectivity index (χ1v) is 7.78. The molecule has 0 unspecified atom stereocenters. The molecule has 2 aromatic heterocycles. The van der Waals surface area contributed by atoms with Crippen molar-refractivity contribution < 1.29 is 14.2 Å². The van der Waals surface area contributed by atoms with E-state index in [1.807, 2.05) is 23.2 Å². The number of aromatic nitrogens is 3. The molecule has 1 fully saturated rings. The van der Waals surface area contributed by atoms with Crippen LogP contribution in [0.2, 0.25) is 0 Å². The third kappa shape index (κ3) is 4.13. The molecule has 3 rings (SSSR count). The fourth-order valence-electron chi connectivity index (χ4n) is 2.63. The lowest BCUT2D eigenvalue weighted by molar-refractivity contribution is -0.133. The highest BCUT2D eigenvalue weighted by molar-refractivity contribution is 5.78. The van der Waals surface area contributed by atoms with Gasteiger partial charge in [0.1, 0.15) is 11.4 Å². The van der Waals surface area contributed by atoms with Crippen LogP contribution in [-0.2, 0) is 22.6 Å². The second-order valence-electron chi connectivity index (χ2n) is 5.73. The number of aryl methyl sites for hydroxylation is 1. The molecule has 23 heavy (non-hydrogen) atoms. The first-order chi connectivity index (χ1) is 11.2. The van der Waals surface area contributed by atoms with E-state index in [1.54, 1.807) is 13.1 Å². The van der Waals surface area contributed by atoms with Crippen LogP contribution in [-0.4, -0.2) is 45.3 Å². The minimum Gasteiger partial charge on any atom is -0.373 e. The standard InChI is InChI=1S/C16H20N4O3/c1-12-15(19-23-18-12)9-16(21)20-7-4-14(5-8-20)22-11-13-3-2-6-17-10-13/h2-3,6,10,14H,4-5,7-9,11H2,1H3. The van der Waals surface area contributed by atoms with Crippen LogP contribution in [0.4, 0.5) is 0 Å². The smallest absolute Gasteiger partial charge is 0.228 e. The number of piperidine rings is 1. The van der Waals surface area contributed by atoms with Crippen LogP contribution in [0.25, 0.3) is 0 Å². The summed E-state index contributed by atoms with van der Waals surface area (Å²) in [4.78, 5) is 18.2. The number of carbonyl (C=O) groups excluding carboxylic acids is 1. The Morgan fingerprint density at radius 2 is 2.22 bits per heavy atom. The molecule has 0 saturated carbocycles. The maximum Gasteiger partial charge on any atom is 0.228 e. The molecule has 0 N–H and O–H groups in total. The van der Waals surface area contributed by atoms with Crippen molar-refractivity contribution >= 4 is 5.91 Å². The van der Waals surface area contributed by atoms with Gasteiger partial charge in [0.15, 0.2) is 0 Å². The van der Waals surface area contributed by atoms with Gasteiger partial charge in [-0.25, -0.2) is 4.63 Å². The second-order valence-corrected chi connectivity index (χ2v) is 5.73. The molecule has 0 radical (unpaired) electrons. The van der Waals surface area contributed by atoms with Crippen LogP contribution < -0.4 is 0 Å². The normalized spacial score (nSPS) is 15.8. The number of amides is 1. The molecule has 122 valence electrons. The summed E-state index contributed by atoms with van der Waals surface area (Å²) >= 11 is 0. The molecule has 1 aliphatic heterocycles. The molecule has 0 aromatic carbocycles. The topological polar surface area (TPSA) is 81.4 Å². The van der Waals surface area contributed by atoms with E-state index >= 15 is 0 Å². The SMILES string of the molecule is Cc1nonc1CC(=O)N1CCC(OCc2cccnc2)CC1. The monoisotopic (exact) mass is 316 g/mol. The van der Waals surface area contributed by atoms with Gasteiger partial charge in [0.2, 0.25) is 5.91 Å². The summed E-state index contributed by atoms with van der Waals surface area (Å²) in [5, 5.41) is 7.46. The van der Waals surface area contributed by atoms with Crippen molar-refractivity contribution in [2.75, 3.05) is 13.1 Å². The van der Waals surface area contributed by atoms with E-state index in [0.29, 0.717) is 31.1 Å². The zero-order valence-corrected chi connectivity index (χ0v) is 13.1. The Kier molecular flexibility index (Phi) is 4.97. The Balaban J connectivity index is 1.43. The van der Waals surface area contributed by atoms with Crippen molar-refractivity contribution in [1.82, 2.24) is 20.2 Å². The van der Waals surface area contributed by atoms with Crippen molar-refractivity contribution in [3.05, 3.63) is 41.5 Å². The largest absolute Gasteiger partial charge is 0.373 e. The van der Waals surface area contributed by atoms with E-state index in [-0.39, 0.29) is 18.4 Å². The van der Waals surface area contributed by atoms with Crippen LogP contribution in [0, 0.1) is 6.92 Å². The van der Waals surface area contributed by atoms with Gasteiger partial charge in [0.25, 0.3) is 0 Å². The summed E-state index contributed by atoms with van der Waals surface area (Å²) in [6.07, 6.45) is 5.70. The zero-order valence-electron chi connectivity index (χ0n) is 13.1. The zero-order chi connectivity index (χ0) is 16.1. The molecule has 1 amide bonds. The van der Waals surface area contributed by atoms with Crippen molar-refractivity contribution in [2.45, 2.75) is 38.9 Å². The number of carbonyl (C=O) groups is 1. The highest BCUT2D eigenvalue weighted by atomic mass is 16.6. The summed E-state index contributed by atoms with van der Waals surface area (Å²) < 4.78 is 10.5. The molecular formula is C16H20N4O3. The molecule has 3 heterocycles. The van der Waals surface area contributed by atoms with Crippen LogP contribution in [0.1, 0.15) is 29.8 Å². The Morgan fingerprint density at radius 1 is 1.39 bits per heavy atom. The highest BCUT2D eigenvalue weighted by Gasteiger charge is 2.24. The molecule has 7 nitrogen and oxygen atoms in total. The van der Waals surface area contributed by atoms with Gasteiger partial charge in [-0.15, -0.1) is 0 Å². The average molecular weight is 316 g/mol. The number of ether oxygens (including phenoxy) is 1. The lowest BCUT2D eigenvalue weighted by Gasteiger charge is -2.31. The number of hydrogen-bond acceptors (Lipinski definition) is 6. The quantitative estimate of drug-likeness (QED) is 0.832. The predicted octanol–water partition coefficient (Wildman–Crippen LogP) is 1.52. The van der Waals surface area contributed by atoms with Gasteiger partial charge in [0, 0.05) is 25.5 Å². The summed E-state index contributed by atoms with van der Waals surface area (Å²) in [6, 6.07) is 3.90. The first-order valence-electron chi connectivity index (χ1n) is 7.78. The Labute approximate surface area is 134 Å². The molecule has 0 atom stereocenters. The summed E-state index contributed by atoms with van der Waals surface area (Å²) in [5.74, 6) is 0.0644. The van der Waals surface area contributed by atoms with Crippen LogP contribution in [0.3, 0.4) is 0 Å². The molecule has 1 aliphatic rings. The highest BCUT2D eigenvalue weighted by Crippen LogP contribution is 2.16. The van der Waals surface area contributed by atoms with Gasteiger partial charge in [-0.2, -0.15) is 0 Å². The summed E-state index contributed by atoms with van der Waals surface area (Å²) in [6.45, 7) is 3.77. The third-order valence-corrected chi connectivity index (χ3v) is 4.07. The number of pyridine rings is 1. The fraction of sp³-hybridized carbons (Fsp3) is 0.500. The number of hydrogen-bond donors (Lipinski definition) is 0. The molecule has 0 spiro atoms. The molecule has 0 aliphatic carbocycles. The minimum absolute atomic E-state index is 0.0644. The fourth-order valence-corrected chi connectivity index (χ4v) is 2.63. The molecular weight excluding hydrogens is 296 g/mol. The number of rotatable bonds is 5. The molecule has 0 bridgehead atoms. The van der Waals surface area contributed by atoms with E-state index in [2.05, 4.69) is 19.9 Å². The van der Waals surface area contributed by atoms with Crippen molar-refractivity contribution in [1.29, 1.82) is 0 Å². The predicted molar refractivity (Wildman–Crippen MR) is 81.4 cm³/mol. The van der Waals surface area contributed by atoms with E-state index in [9.17, 15) is 4.79 Å².